The summed E-state index contributed by atoms with van der Waals surface area (Å²) < 4.78 is 0. The van der Waals surface area contributed by atoms with Gasteiger partial charge in [0.1, 0.15) is 0 Å². The SMILES string of the molecule is O=C1CSC(=O)N1C1CCCC1. The summed E-state index contributed by atoms with van der Waals surface area (Å²) in [5.41, 5.74) is 0. The molecule has 1 aliphatic carbocycles. The van der Waals surface area contributed by atoms with Gasteiger partial charge in [-0.25, -0.2) is 0 Å². The van der Waals surface area contributed by atoms with Crippen LogP contribution in [0.25, 0.3) is 0 Å². The zero-order valence-corrected chi connectivity index (χ0v) is 7.60. The lowest BCUT2D eigenvalue weighted by molar-refractivity contribution is -0.126. The topological polar surface area (TPSA) is 37.4 Å². The van der Waals surface area contributed by atoms with E-state index >= 15 is 0 Å². The largest absolute Gasteiger partial charge is 0.289 e. The lowest BCUT2D eigenvalue weighted by Gasteiger charge is -2.19. The van der Waals surface area contributed by atoms with Crippen LogP contribution >= 0.6 is 11.8 Å². The van der Waals surface area contributed by atoms with Gasteiger partial charge >= 0.3 is 0 Å². The van der Waals surface area contributed by atoms with Crippen LogP contribution in [0.1, 0.15) is 25.7 Å². The first-order valence-corrected chi connectivity index (χ1v) is 5.26. The van der Waals surface area contributed by atoms with Gasteiger partial charge in [-0.3, -0.25) is 14.5 Å². The van der Waals surface area contributed by atoms with Gasteiger partial charge < -0.3 is 0 Å². The van der Waals surface area contributed by atoms with Gasteiger partial charge in [-0.2, -0.15) is 0 Å². The molecule has 0 spiro atoms. The molecule has 4 heteroatoms. The van der Waals surface area contributed by atoms with Crippen LogP contribution in [0.2, 0.25) is 0 Å². The molecule has 66 valence electrons. The van der Waals surface area contributed by atoms with Gasteiger partial charge in [0.05, 0.1) is 5.75 Å². The fourth-order valence-corrected chi connectivity index (χ4v) is 2.66. The molecular weight excluding hydrogens is 174 g/mol. The Hall–Kier alpha value is -0.510. The summed E-state index contributed by atoms with van der Waals surface area (Å²) in [4.78, 5) is 24.0. The quantitative estimate of drug-likeness (QED) is 0.623. The van der Waals surface area contributed by atoms with E-state index in [0.717, 1.165) is 37.4 Å². The third kappa shape index (κ3) is 1.24. The van der Waals surface area contributed by atoms with E-state index in [0.29, 0.717) is 5.75 Å². The van der Waals surface area contributed by atoms with Gasteiger partial charge in [0.2, 0.25) is 5.91 Å². The van der Waals surface area contributed by atoms with Gasteiger partial charge in [0, 0.05) is 6.04 Å². The first-order chi connectivity index (χ1) is 5.79. The summed E-state index contributed by atoms with van der Waals surface area (Å²) in [5, 5.41) is -0.0353. The van der Waals surface area contributed by atoms with Crippen molar-refractivity contribution in [2.24, 2.45) is 0 Å². The van der Waals surface area contributed by atoms with Crippen LogP contribution in [0.4, 0.5) is 4.79 Å². The van der Waals surface area contributed by atoms with Gasteiger partial charge in [-0.15, -0.1) is 0 Å². The highest BCUT2D eigenvalue weighted by Gasteiger charge is 2.36. The summed E-state index contributed by atoms with van der Waals surface area (Å²) in [5.74, 6) is 0.368. The number of thioether (sulfide) groups is 1. The maximum atomic E-state index is 11.3. The highest BCUT2D eigenvalue weighted by molar-refractivity contribution is 8.14. The second kappa shape index (κ2) is 3.09. The highest BCUT2D eigenvalue weighted by atomic mass is 32.2. The molecule has 0 aromatic heterocycles. The van der Waals surface area contributed by atoms with E-state index in [-0.39, 0.29) is 17.2 Å². The number of carbonyl (C=O) groups excluding carboxylic acids is 2. The lowest BCUT2D eigenvalue weighted by Crippen LogP contribution is -2.37. The van der Waals surface area contributed by atoms with Crippen LogP contribution < -0.4 is 0 Å². The zero-order valence-electron chi connectivity index (χ0n) is 6.78. The Morgan fingerprint density at radius 1 is 1.25 bits per heavy atom. The predicted octanol–water partition coefficient (Wildman–Crippen LogP) is 1.62. The third-order valence-electron chi connectivity index (χ3n) is 2.47. The molecule has 0 N–H and O–H groups in total. The Kier molecular flexibility index (Phi) is 2.09. The standard InChI is InChI=1S/C8H11NO2S/c10-7-5-12-8(11)9(7)6-3-1-2-4-6/h6H,1-5H2. The minimum atomic E-state index is -0.0353. The van der Waals surface area contributed by atoms with E-state index < -0.39 is 0 Å². The molecule has 1 saturated carbocycles. The molecule has 0 unspecified atom stereocenters. The fourth-order valence-electron chi connectivity index (χ4n) is 1.88. The molecule has 1 aliphatic heterocycles. The van der Waals surface area contributed by atoms with Gasteiger partial charge in [0.15, 0.2) is 0 Å². The predicted molar refractivity (Wildman–Crippen MR) is 47.0 cm³/mol. The molecule has 0 aromatic rings. The second-order valence-corrected chi connectivity index (χ2v) is 4.18. The molecule has 2 amide bonds. The Balaban J connectivity index is 2.09. The van der Waals surface area contributed by atoms with Crippen LogP contribution in [0, 0.1) is 0 Å². The summed E-state index contributed by atoms with van der Waals surface area (Å²) in [7, 11) is 0. The number of amides is 2. The molecular formula is C8H11NO2S. The molecule has 2 fully saturated rings. The fraction of sp³-hybridized carbons (Fsp3) is 0.750. The molecule has 1 saturated heterocycles. The van der Waals surface area contributed by atoms with Crippen molar-refractivity contribution in [3.63, 3.8) is 0 Å². The summed E-state index contributed by atoms with van der Waals surface area (Å²) in [6, 6.07) is 0.222. The summed E-state index contributed by atoms with van der Waals surface area (Å²) >= 11 is 1.14. The number of rotatable bonds is 1. The van der Waals surface area contributed by atoms with Gasteiger partial charge in [-0.05, 0) is 12.8 Å². The molecule has 0 atom stereocenters. The maximum Gasteiger partial charge on any atom is 0.289 e. The molecule has 1 heterocycles. The molecule has 0 aromatic carbocycles. The van der Waals surface area contributed by atoms with Crippen molar-refractivity contribution in [1.82, 2.24) is 4.90 Å². The smallest absolute Gasteiger partial charge is 0.273 e. The second-order valence-electron chi connectivity index (χ2n) is 3.26. The van der Waals surface area contributed by atoms with Crippen LogP contribution in [0.3, 0.4) is 0 Å². The summed E-state index contributed by atoms with van der Waals surface area (Å²) in [6.07, 6.45) is 4.34. The van der Waals surface area contributed by atoms with E-state index in [1.54, 1.807) is 0 Å². The molecule has 2 rings (SSSR count). The molecule has 3 nitrogen and oxygen atoms in total. The van der Waals surface area contributed by atoms with Crippen molar-refractivity contribution < 1.29 is 9.59 Å². The Morgan fingerprint density at radius 2 is 1.92 bits per heavy atom. The van der Waals surface area contributed by atoms with Crippen molar-refractivity contribution in [3.05, 3.63) is 0 Å². The van der Waals surface area contributed by atoms with Crippen molar-refractivity contribution in [2.75, 3.05) is 5.75 Å². The van der Waals surface area contributed by atoms with E-state index in [9.17, 15) is 9.59 Å². The Morgan fingerprint density at radius 3 is 2.42 bits per heavy atom. The van der Waals surface area contributed by atoms with Crippen molar-refractivity contribution in [3.8, 4) is 0 Å². The number of hydrogen-bond acceptors (Lipinski definition) is 3. The molecule has 0 bridgehead atoms. The number of nitrogens with zero attached hydrogens (tertiary/aromatic N) is 1. The van der Waals surface area contributed by atoms with E-state index in [2.05, 4.69) is 0 Å². The Labute approximate surface area is 75.5 Å². The first-order valence-electron chi connectivity index (χ1n) is 4.28. The summed E-state index contributed by atoms with van der Waals surface area (Å²) in [6.45, 7) is 0. The first kappa shape index (κ1) is 8.10. The number of carbonyl (C=O) groups is 2. The van der Waals surface area contributed by atoms with E-state index in [1.165, 1.54) is 4.90 Å². The van der Waals surface area contributed by atoms with E-state index in [4.69, 9.17) is 0 Å². The van der Waals surface area contributed by atoms with Crippen LogP contribution in [0.5, 0.6) is 0 Å². The highest BCUT2D eigenvalue weighted by Crippen LogP contribution is 2.30. The molecule has 2 aliphatic rings. The van der Waals surface area contributed by atoms with Crippen molar-refractivity contribution >= 4 is 22.9 Å². The monoisotopic (exact) mass is 185 g/mol. The molecule has 12 heavy (non-hydrogen) atoms. The lowest BCUT2D eigenvalue weighted by atomic mass is 10.2. The van der Waals surface area contributed by atoms with Crippen molar-refractivity contribution in [2.45, 2.75) is 31.7 Å². The average molecular weight is 185 g/mol. The van der Waals surface area contributed by atoms with Gasteiger partial charge in [-0.1, -0.05) is 24.6 Å². The van der Waals surface area contributed by atoms with Crippen LogP contribution in [0.15, 0.2) is 0 Å². The van der Waals surface area contributed by atoms with E-state index in [1.807, 2.05) is 0 Å². The average Bonchev–Trinajstić information content (AvgIpc) is 2.61. The van der Waals surface area contributed by atoms with Gasteiger partial charge in [0.25, 0.3) is 5.24 Å². The number of imide groups is 1. The molecule has 0 radical (unpaired) electrons. The normalized spacial score (nSPS) is 25.8. The van der Waals surface area contributed by atoms with Crippen LogP contribution in [-0.4, -0.2) is 27.8 Å². The van der Waals surface area contributed by atoms with Crippen LogP contribution in [-0.2, 0) is 4.79 Å². The minimum Gasteiger partial charge on any atom is -0.273 e. The zero-order chi connectivity index (χ0) is 8.55. The minimum absolute atomic E-state index is 0.0110. The Bertz CT molecular complexity index is 207. The maximum absolute atomic E-state index is 11.3. The van der Waals surface area contributed by atoms with Crippen molar-refractivity contribution in [1.29, 1.82) is 0 Å². The number of hydrogen-bond donors (Lipinski definition) is 0. The third-order valence-corrected chi connectivity index (χ3v) is 3.31.